The highest BCUT2D eigenvalue weighted by Gasteiger charge is 2.43. The number of hydrogen-bond acceptors (Lipinski definition) is 4. The molecule has 5 nitrogen and oxygen atoms in total. The third-order valence-electron chi connectivity index (χ3n) is 2.87. The Labute approximate surface area is 115 Å². The molecule has 1 aliphatic rings. The van der Waals surface area contributed by atoms with Gasteiger partial charge in [-0.3, -0.25) is 9.59 Å². The van der Waals surface area contributed by atoms with Crippen molar-refractivity contribution in [2.75, 3.05) is 26.3 Å². The number of alkyl halides is 3. The van der Waals surface area contributed by atoms with Crippen molar-refractivity contribution in [1.29, 1.82) is 0 Å². The Morgan fingerprint density at radius 3 is 2.60 bits per heavy atom. The van der Waals surface area contributed by atoms with Crippen molar-refractivity contribution in [3.05, 3.63) is 0 Å². The summed E-state index contributed by atoms with van der Waals surface area (Å²) >= 11 is 0. The molecule has 1 rings (SSSR count). The van der Waals surface area contributed by atoms with Crippen LogP contribution in [-0.4, -0.2) is 55.4 Å². The van der Waals surface area contributed by atoms with Crippen LogP contribution in [0.3, 0.4) is 0 Å². The van der Waals surface area contributed by atoms with E-state index in [0.717, 1.165) is 6.42 Å². The molecule has 0 aromatic carbocycles. The molecule has 0 bridgehead atoms. The van der Waals surface area contributed by atoms with E-state index in [2.05, 4.69) is 4.74 Å². The van der Waals surface area contributed by atoms with Crippen LogP contribution in [-0.2, 0) is 19.1 Å². The van der Waals surface area contributed by atoms with E-state index in [4.69, 9.17) is 4.74 Å². The Hall–Kier alpha value is -1.31. The van der Waals surface area contributed by atoms with Crippen molar-refractivity contribution >= 4 is 11.9 Å². The first kappa shape index (κ1) is 16.7. The quantitative estimate of drug-likeness (QED) is 0.697. The monoisotopic (exact) mass is 297 g/mol. The van der Waals surface area contributed by atoms with Crippen LogP contribution in [0, 0.1) is 0 Å². The van der Waals surface area contributed by atoms with E-state index in [1.54, 1.807) is 6.92 Å². The van der Waals surface area contributed by atoms with Gasteiger partial charge in [0.05, 0.1) is 19.1 Å². The van der Waals surface area contributed by atoms with Gasteiger partial charge < -0.3 is 14.4 Å². The van der Waals surface area contributed by atoms with Gasteiger partial charge in [-0.15, -0.1) is 0 Å². The minimum Gasteiger partial charge on any atom is -0.466 e. The van der Waals surface area contributed by atoms with Gasteiger partial charge in [0.2, 0.25) is 0 Å². The van der Waals surface area contributed by atoms with Crippen molar-refractivity contribution in [2.24, 2.45) is 0 Å². The number of ether oxygens (including phenoxy) is 2. The topological polar surface area (TPSA) is 55.8 Å². The second-order valence-corrected chi connectivity index (χ2v) is 4.44. The summed E-state index contributed by atoms with van der Waals surface area (Å²) in [7, 11) is 0. The highest BCUT2D eigenvalue weighted by molar-refractivity contribution is 5.82. The van der Waals surface area contributed by atoms with Crippen LogP contribution in [0.5, 0.6) is 0 Å². The van der Waals surface area contributed by atoms with Crippen LogP contribution < -0.4 is 0 Å². The molecule has 0 radical (unpaired) electrons. The lowest BCUT2D eigenvalue weighted by molar-refractivity contribution is -0.187. The summed E-state index contributed by atoms with van der Waals surface area (Å²) in [5.41, 5.74) is 0. The summed E-state index contributed by atoms with van der Waals surface area (Å²) in [6.45, 7) is 1.76. The zero-order valence-corrected chi connectivity index (χ0v) is 11.2. The summed E-state index contributed by atoms with van der Waals surface area (Å²) in [5.74, 6) is -2.57. The van der Waals surface area contributed by atoms with Crippen LogP contribution >= 0.6 is 0 Å². The smallest absolute Gasteiger partial charge is 0.466 e. The second kappa shape index (κ2) is 7.47. The summed E-state index contributed by atoms with van der Waals surface area (Å²) < 4.78 is 47.4. The van der Waals surface area contributed by atoms with E-state index in [-0.39, 0.29) is 26.1 Å². The molecule has 1 aliphatic heterocycles. The van der Waals surface area contributed by atoms with Crippen molar-refractivity contribution in [1.82, 2.24) is 4.90 Å². The average Bonchev–Trinajstić information content (AvgIpc) is 2.85. The van der Waals surface area contributed by atoms with E-state index in [1.807, 2.05) is 0 Å². The first-order chi connectivity index (χ1) is 9.34. The molecule has 1 saturated heterocycles. The maximum absolute atomic E-state index is 12.5. The number of carbonyl (C=O) groups excluding carboxylic acids is 2. The molecule has 0 saturated carbocycles. The number of hydrogen-bond donors (Lipinski definition) is 0. The number of rotatable bonds is 6. The Bertz CT molecular complexity index is 340. The molecule has 1 atom stereocenters. The molecule has 1 unspecified atom stereocenters. The van der Waals surface area contributed by atoms with Crippen molar-refractivity contribution < 1.29 is 32.2 Å². The molecule has 1 fully saturated rings. The van der Waals surface area contributed by atoms with Gasteiger partial charge in [0.15, 0.2) is 0 Å². The normalized spacial score (nSPS) is 18.9. The zero-order chi connectivity index (χ0) is 15.2. The molecule has 116 valence electrons. The number of amides is 1. The number of nitrogens with zero attached hydrogens (tertiary/aromatic N) is 1. The maximum atomic E-state index is 12.5. The van der Waals surface area contributed by atoms with Gasteiger partial charge >= 0.3 is 18.1 Å². The predicted octanol–water partition coefficient (Wildman–Crippen LogP) is 1.51. The Morgan fingerprint density at radius 1 is 1.40 bits per heavy atom. The zero-order valence-electron chi connectivity index (χ0n) is 11.2. The van der Waals surface area contributed by atoms with Crippen molar-refractivity contribution in [3.63, 3.8) is 0 Å². The molecular formula is C12H18F3NO4. The lowest BCUT2D eigenvalue weighted by Gasteiger charge is -2.25. The van der Waals surface area contributed by atoms with E-state index in [1.165, 1.54) is 0 Å². The fourth-order valence-electron chi connectivity index (χ4n) is 1.95. The van der Waals surface area contributed by atoms with Crippen LogP contribution in [0.2, 0.25) is 0 Å². The summed E-state index contributed by atoms with van der Waals surface area (Å²) in [5, 5.41) is 0. The molecular weight excluding hydrogens is 279 g/mol. The first-order valence-electron chi connectivity index (χ1n) is 6.48. The Morgan fingerprint density at radius 2 is 2.10 bits per heavy atom. The Kier molecular flexibility index (Phi) is 6.25. The number of esters is 1. The summed E-state index contributed by atoms with van der Waals surface area (Å²) in [6, 6.07) is 0. The van der Waals surface area contributed by atoms with E-state index in [9.17, 15) is 22.8 Å². The highest BCUT2D eigenvalue weighted by atomic mass is 19.4. The van der Waals surface area contributed by atoms with Crippen LogP contribution in [0.15, 0.2) is 0 Å². The minimum atomic E-state index is -4.95. The van der Waals surface area contributed by atoms with Gasteiger partial charge in [-0.05, 0) is 19.8 Å². The van der Waals surface area contributed by atoms with Gasteiger partial charge in [0.25, 0.3) is 0 Å². The molecule has 0 aromatic heterocycles. The fraction of sp³-hybridized carbons (Fsp3) is 0.833. The molecule has 0 aromatic rings. The third-order valence-corrected chi connectivity index (χ3v) is 2.87. The van der Waals surface area contributed by atoms with E-state index >= 15 is 0 Å². The number of halogens is 3. The van der Waals surface area contributed by atoms with Crippen LogP contribution in [0.4, 0.5) is 13.2 Å². The summed E-state index contributed by atoms with van der Waals surface area (Å²) in [6.07, 6.45) is -4.24. The van der Waals surface area contributed by atoms with Crippen molar-refractivity contribution in [2.45, 2.75) is 38.5 Å². The molecule has 0 aliphatic carbocycles. The Balaban J connectivity index is 2.58. The molecule has 8 heteroatoms. The first-order valence-corrected chi connectivity index (χ1v) is 6.48. The van der Waals surface area contributed by atoms with Gasteiger partial charge in [-0.2, -0.15) is 13.2 Å². The minimum absolute atomic E-state index is 0.151. The fourth-order valence-corrected chi connectivity index (χ4v) is 1.95. The van der Waals surface area contributed by atoms with Gasteiger partial charge in [-0.1, -0.05) is 0 Å². The number of carbonyl (C=O) groups is 2. The van der Waals surface area contributed by atoms with Crippen molar-refractivity contribution in [3.8, 4) is 0 Å². The molecule has 1 heterocycles. The molecule has 0 N–H and O–H groups in total. The van der Waals surface area contributed by atoms with E-state index in [0.29, 0.717) is 17.9 Å². The summed E-state index contributed by atoms with van der Waals surface area (Å²) in [4.78, 5) is 23.1. The maximum Gasteiger partial charge on any atom is 0.471 e. The molecule has 20 heavy (non-hydrogen) atoms. The standard InChI is InChI=1S/C12H18F3NO4/c1-2-19-10(17)5-6-16(11(18)12(13,14)15)8-9-4-3-7-20-9/h9H,2-8H2,1H3. The third kappa shape index (κ3) is 5.36. The average molecular weight is 297 g/mol. The predicted molar refractivity (Wildman–Crippen MR) is 62.9 cm³/mol. The lowest BCUT2D eigenvalue weighted by atomic mass is 10.2. The van der Waals surface area contributed by atoms with Gasteiger partial charge in [-0.25, -0.2) is 0 Å². The van der Waals surface area contributed by atoms with Gasteiger partial charge in [0, 0.05) is 19.7 Å². The van der Waals surface area contributed by atoms with E-state index < -0.39 is 24.2 Å². The largest absolute Gasteiger partial charge is 0.471 e. The second-order valence-electron chi connectivity index (χ2n) is 4.44. The SMILES string of the molecule is CCOC(=O)CCN(CC1CCCO1)C(=O)C(F)(F)F. The highest BCUT2D eigenvalue weighted by Crippen LogP contribution is 2.21. The van der Waals surface area contributed by atoms with Gasteiger partial charge in [0.1, 0.15) is 0 Å². The molecule has 0 spiro atoms. The molecule has 1 amide bonds. The van der Waals surface area contributed by atoms with Crippen LogP contribution in [0.25, 0.3) is 0 Å². The van der Waals surface area contributed by atoms with Crippen LogP contribution in [0.1, 0.15) is 26.2 Å². The lowest BCUT2D eigenvalue weighted by Crippen LogP contribution is -2.45.